The van der Waals surface area contributed by atoms with Crippen molar-refractivity contribution in [3.05, 3.63) is 54.1 Å². The van der Waals surface area contributed by atoms with E-state index in [-0.39, 0.29) is 5.91 Å². The number of rotatable bonds is 4. The Morgan fingerprint density at radius 1 is 0.800 bits per heavy atom. The minimum absolute atomic E-state index is 0.198. The van der Waals surface area contributed by atoms with Gasteiger partial charge in [-0.2, -0.15) is 0 Å². The van der Waals surface area contributed by atoms with Crippen LogP contribution in [0.5, 0.6) is 0 Å². The van der Waals surface area contributed by atoms with E-state index in [0.717, 1.165) is 18.8 Å². The van der Waals surface area contributed by atoms with E-state index in [9.17, 15) is 9.59 Å². The second kappa shape index (κ2) is 7.70. The molecule has 25 heavy (non-hydrogen) atoms. The van der Waals surface area contributed by atoms with Crippen molar-refractivity contribution < 1.29 is 9.59 Å². The van der Waals surface area contributed by atoms with E-state index < -0.39 is 6.03 Å². The second-order valence-electron chi connectivity index (χ2n) is 6.12. The van der Waals surface area contributed by atoms with Gasteiger partial charge >= 0.3 is 6.03 Å². The van der Waals surface area contributed by atoms with E-state index >= 15 is 0 Å². The van der Waals surface area contributed by atoms with Gasteiger partial charge in [-0.25, -0.2) is 4.79 Å². The Morgan fingerprint density at radius 3 is 1.96 bits per heavy atom. The number of carbonyl (C=O) groups excluding carboxylic acids is 2. The smallest absolute Gasteiger partial charge is 0.316 e. The van der Waals surface area contributed by atoms with Gasteiger partial charge in [-0.3, -0.25) is 4.79 Å². The zero-order valence-corrected chi connectivity index (χ0v) is 14.0. The Morgan fingerprint density at radius 2 is 1.36 bits per heavy atom. The maximum atomic E-state index is 12.3. The van der Waals surface area contributed by atoms with Gasteiger partial charge in [0.25, 0.3) is 5.91 Å². The van der Waals surface area contributed by atoms with Crippen LogP contribution in [-0.2, 0) is 0 Å². The van der Waals surface area contributed by atoms with Crippen LogP contribution in [0.15, 0.2) is 48.5 Å². The molecule has 130 valence electrons. The summed E-state index contributed by atoms with van der Waals surface area (Å²) >= 11 is 0. The van der Waals surface area contributed by atoms with E-state index in [0.29, 0.717) is 11.3 Å². The molecule has 6 heteroatoms. The molecule has 0 radical (unpaired) electrons. The number of nitrogens with zero attached hydrogens (tertiary/aromatic N) is 1. The van der Waals surface area contributed by atoms with Crippen molar-refractivity contribution in [2.24, 2.45) is 5.73 Å². The maximum absolute atomic E-state index is 12.3. The van der Waals surface area contributed by atoms with Crippen LogP contribution in [0.4, 0.5) is 21.9 Å². The van der Waals surface area contributed by atoms with E-state index in [1.165, 1.54) is 24.9 Å². The summed E-state index contributed by atoms with van der Waals surface area (Å²) in [7, 11) is 0. The van der Waals surface area contributed by atoms with E-state index in [1.807, 2.05) is 24.3 Å². The Bertz CT molecular complexity index is 735. The normalized spacial score (nSPS) is 14.0. The highest BCUT2D eigenvalue weighted by Crippen LogP contribution is 2.22. The molecule has 0 aromatic heterocycles. The lowest BCUT2D eigenvalue weighted by atomic mass is 10.1. The van der Waals surface area contributed by atoms with Crippen LogP contribution >= 0.6 is 0 Å². The number of anilines is 3. The summed E-state index contributed by atoms with van der Waals surface area (Å²) in [4.78, 5) is 25.5. The van der Waals surface area contributed by atoms with Gasteiger partial charge in [0, 0.05) is 35.7 Å². The zero-order chi connectivity index (χ0) is 17.6. The number of nitrogens with two attached hydrogens (primary N) is 1. The Kier molecular flexibility index (Phi) is 5.18. The molecule has 1 fully saturated rings. The average molecular weight is 338 g/mol. The summed E-state index contributed by atoms with van der Waals surface area (Å²) in [6.07, 6.45) is 3.77. The fourth-order valence-corrected chi connectivity index (χ4v) is 2.96. The molecule has 1 aliphatic rings. The number of hydrogen-bond donors (Lipinski definition) is 3. The van der Waals surface area contributed by atoms with E-state index in [2.05, 4.69) is 15.5 Å². The number of amides is 3. The third kappa shape index (κ3) is 4.50. The first-order chi connectivity index (χ1) is 12.1. The largest absolute Gasteiger partial charge is 0.372 e. The second-order valence-corrected chi connectivity index (χ2v) is 6.12. The van der Waals surface area contributed by atoms with Gasteiger partial charge in [0.2, 0.25) is 0 Å². The Hall–Kier alpha value is -3.02. The van der Waals surface area contributed by atoms with Gasteiger partial charge in [0.05, 0.1) is 0 Å². The maximum Gasteiger partial charge on any atom is 0.316 e. The monoisotopic (exact) mass is 338 g/mol. The molecule has 0 unspecified atom stereocenters. The molecule has 0 saturated carbocycles. The van der Waals surface area contributed by atoms with Crippen LogP contribution < -0.4 is 21.3 Å². The van der Waals surface area contributed by atoms with Crippen LogP contribution in [0.25, 0.3) is 0 Å². The number of piperidine rings is 1. The van der Waals surface area contributed by atoms with E-state index in [1.54, 1.807) is 24.3 Å². The molecule has 2 aromatic rings. The summed E-state index contributed by atoms with van der Waals surface area (Å²) in [6, 6.07) is 13.9. The molecule has 2 aromatic carbocycles. The van der Waals surface area contributed by atoms with Crippen LogP contribution in [0.2, 0.25) is 0 Å². The number of carbonyl (C=O) groups is 2. The predicted molar refractivity (Wildman–Crippen MR) is 100 cm³/mol. The summed E-state index contributed by atoms with van der Waals surface area (Å²) in [6.45, 7) is 2.19. The van der Waals surface area contributed by atoms with Gasteiger partial charge < -0.3 is 21.3 Å². The molecule has 3 rings (SSSR count). The molecule has 0 atom stereocenters. The first kappa shape index (κ1) is 16.8. The van der Waals surface area contributed by atoms with Crippen molar-refractivity contribution in [1.29, 1.82) is 0 Å². The highest BCUT2D eigenvalue weighted by molar-refractivity contribution is 6.04. The van der Waals surface area contributed by atoms with Crippen molar-refractivity contribution in [2.75, 3.05) is 28.6 Å². The predicted octanol–water partition coefficient (Wildman–Crippen LogP) is 3.42. The van der Waals surface area contributed by atoms with Gasteiger partial charge in [-0.1, -0.05) is 0 Å². The number of benzene rings is 2. The van der Waals surface area contributed by atoms with Crippen molar-refractivity contribution in [3.8, 4) is 0 Å². The summed E-state index contributed by atoms with van der Waals surface area (Å²) in [5.41, 5.74) is 8.07. The van der Waals surface area contributed by atoms with Crippen molar-refractivity contribution in [1.82, 2.24) is 0 Å². The fourth-order valence-electron chi connectivity index (χ4n) is 2.96. The summed E-state index contributed by atoms with van der Waals surface area (Å²) < 4.78 is 0. The quantitative estimate of drug-likeness (QED) is 0.798. The van der Waals surface area contributed by atoms with Gasteiger partial charge in [0.15, 0.2) is 0 Å². The third-order valence-electron chi connectivity index (χ3n) is 4.26. The molecule has 0 bridgehead atoms. The number of hydrogen-bond acceptors (Lipinski definition) is 3. The molecular weight excluding hydrogens is 316 g/mol. The topological polar surface area (TPSA) is 87.5 Å². The van der Waals surface area contributed by atoms with Gasteiger partial charge in [-0.05, 0) is 67.8 Å². The van der Waals surface area contributed by atoms with Crippen LogP contribution in [-0.4, -0.2) is 25.0 Å². The lowest BCUT2D eigenvalue weighted by Crippen LogP contribution is -2.29. The fraction of sp³-hybridized carbons (Fsp3) is 0.263. The molecule has 1 saturated heterocycles. The Balaban J connectivity index is 1.61. The van der Waals surface area contributed by atoms with Crippen LogP contribution in [0.1, 0.15) is 29.6 Å². The molecule has 0 aliphatic carbocycles. The first-order valence-corrected chi connectivity index (χ1v) is 8.45. The lowest BCUT2D eigenvalue weighted by Gasteiger charge is -2.28. The first-order valence-electron chi connectivity index (χ1n) is 8.45. The van der Waals surface area contributed by atoms with Crippen LogP contribution in [0.3, 0.4) is 0 Å². The van der Waals surface area contributed by atoms with Crippen molar-refractivity contribution in [3.63, 3.8) is 0 Å². The average Bonchev–Trinajstić information content (AvgIpc) is 2.63. The molecular formula is C19H22N4O2. The molecule has 6 nitrogen and oxygen atoms in total. The molecule has 4 N–H and O–H groups in total. The molecule has 3 amide bonds. The minimum atomic E-state index is -0.633. The van der Waals surface area contributed by atoms with Crippen LogP contribution in [0, 0.1) is 0 Å². The van der Waals surface area contributed by atoms with Gasteiger partial charge in [-0.15, -0.1) is 0 Å². The Labute approximate surface area is 147 Å². The molecule has 0 spiro atoms. The van der Waals surface area contributed by atoms with Crippen molar-refractivity contribution in [2.45, 2.75) is 19.3 Å². The number of primary amides is 1. The van der Waals surface area contributed by atoms with Crippen molar-refractivity contribution >= 4 is 29.0 Å². The standard InChI is InChI=1S/C19H22N4O2/c20-19(25)22-16-6-4-14(5-7-16)18(24)21-15-8-10-17(11-9-15)23-12-2-1-3-13-23/h4-11H,1-3,12-13H2,(H,21,24)(H3,20,22,25). The number of urea groups is 1. The molecule has 1 heterocycles. The lowest BCUT2D eigenvalue weighted by molar-refractivity contribution is 0.102. The third-order valence-corrected chi connectivity index (χ3v) is 4.26. The number of nitrogens with one attached hydrogen (secondary N) is 2. The minimum Gasteiger partial charge on any atom is -0.372 e. The van der Waals surface area contributed by atoms with Gasteiger partial charge in [0.1, 0.15) is 0 Å². The summed E-state index contributed by atoms with van der Waals surface area (Å²) in [5, 5.41) is 5.34. The summed E-state index contributed by atoms with van der Waals surface area (Å²) in [5.74, 6) is -0.198. The zero-order valence-electron chi connectivity index (χ0n) is 14.0. The molecule has 1 aliphatic heterocycles. The van der Waals surface area contributed by atoms with E-state index in [4.69, 9.17) is 5.73 Å². The highest BCUT2D eigenvalue weighted by atomic mass is 16.2. The SMILES string of the molecule is NC(=O)Nc1ccc(C(=O)Nc2ccc(N3CCCCC3)cc2)cc1. The highest BCUT2D eigenvalue weighted by Gasteiger charge is 2.11.